The number of rotatable bonds is 6. The van der Waals surface area contributed by atoms with Crippen LogP contribution in [0.25, 0.3) is 0 Å². The summed E-state index contributed by atoms with van der Waals surface area (Å²) in [4.78, 5) is 41.8. The third-order valence-corrected chi connectivity index (χ3v) is 7.06. The highest BCUT2D eigenvalue weighted by Crippen LogP contribution is 2.40. The van der Waals surface area contributed by atoms with Crippen LogP contribution in [0.5, 0.6) is 5.75 Å². The van der Waals surface area contributed by atoms with Gasteiger partial charge >= 0.3 is 0 Å². The van der Waals surface area contributed by atoms with Crippen molar-refractivity contribution in [3.63, 3.8) is 0 Å². The second-order valence-corrected chi connectivity index (χ2v) is 10.2. The van der Waals surface area contributed by atoms with E-state index in [1.165, 1.54) is 5.56 Å². The summed E-state index contributed by atoms with van der Waals surface area (Å²) < 4.78 is 11.6. The van der Waals surface area contributed by atoms with Gasteiger partial charge in [-0.05, 0) is 28.5 Å². The lowest BCUT2D eigenvalue weighted by Crippen LogP contribution is -2.60. The summed E-state index contributed by atoms with van der Waals surface area (Å²) in [5, 5.41) is 1.74. The summed E-state index contributed by atoms with van der Waals surface area (Å²) >= 11 is 0. The minimum atomic E-state index is -0.716. The number of carbonyl (C=O) groups is 3. The zero-order valence-electron chi connectivity index (χ0n) is 20.2. The highest BCUT2D eigenvalue weighted by molar-refractivity contribution is 6.44. The fourth-order valence-electron chi connectivity index (χ4n) is 5.27. The summed E-state index contributed by atoms with van der Waals surface area (Å²) in [5.41, 5.74) is 3.62. The molecule has 0 aliphatic carbocycles. The standard InChI is InChI=1S/C25H29B2N3O5/c26-25(27)12-21(31)28-23(32)22(25)30-14-19-18(24(30)33)2-1-3-20(19)35-15-17-6-4-16(5-7-17)13-29-8-10-34-11-9-29/h1-7,22H,8-15,26-27H2,(H,28,31,32). The van der Waals surface area contributed by atoms with Crippen molar-refractivity contribution < 1.29 is 23.9 Å². The highest BCUT2D eigenvalue weighted by atomic mass is 16.5. The molecule has 2 aromatic carbocycles. The van der Waals surface area contributed by atoms with Gasteiger partial charge in [-0.25, -0.2) is 0 Å². The third kappa shape index (κ3) is 4.86. The van der Waals surface area contributed by atoms with Crippen LogP contribution in [0.2, 0.25) is 5.21 Å². The van der Waals surface area contributed by atoms with Gasteiger partial charge in [0.15, 0.2) is 0 Å². The molecule has 35 heavy (non-hydrogen) atoms. The van der Waals surface area contributed by atoms with Gasteiger partial charge in [0, 0.05) is 37.2 Å². The Kier molecular flexibility index (Phi) is 6.42. The molecule has 3 aliphatic heterocycles. The van der Waals surface area contributed by atoms with Crippen molar-refractivity contribution in [1.29, 1.82) is 0 Å². The number of hydrogen-bond acceptors (Lipinski definition) is 6. The molecule has 1 atom stereocenters. The average molecular weight is 473 g/mol. The fraction of sp³-hybridized carbons (Fsp3) is 0.400. The van der Waals surface area contributed by atoms with Crippen LogP contribution in [0, 0.1) is 0 Å². The zero-order valence-corrected chi connectivity index (χ0v) is 20.2. The van der Waals surface area contributed by atoms with Crippen molar-refractivity contribution >= 4 is 33.4 Å². The molecule has 0 spiro atoms. The molecule has 1 unspecified atom stereocenters. The van der Waals surface area contributed by atoms with Crippen molar-refractivity contribution in [2.75, 3.05) is 26.3 Å². The van der Waals surface area contributed by atoms with Gasteiger partial charge in [0.1, 0.15) is 34.1 Å². The van der Waals surface area contributed by atoms with E-state index in [1.54, 1.807) is 17.0 Å². The quantitative estimate of drug-likeness (QED) is 0.464. The van der Waals surface area contributed by atoms with Crippen molar-refractivity contribution in [2.45, 2.75) is 37.4 Å². The van der Waals surface area contributed by atoms with Crippen molar-refractivity contribution in [2.24, 2.45) is 0 Å². The second kappa shape index (κ2) is 9.51. The van der Waals surface area contributed by atoms with Gasteiger partial charge in [0.2, 0.25) is 11.8 Å². The molecule has 1 N–H and O–H groups in total. The molecule has 0 bridgehead atoms. The number of morpholine rings is 1. The van der Waals surface area contributed by atoms with E-state index in [9.17, 15) is 14.4 Å². The van der Waals surface area contributed by atoms with Gasteiger partial charge in [-0.15, -0.1) is 0 Å². The monoisotopic (exact) mass is 473 g/mol. The topological polar surface area (TPSA) is 88.2 Å². The molecule has 5 rings (SSSR count). The molecular formula is C25H29B2N3O5. The lowest BCUT2D eigenvalue weighted by atomic mass is 9.47. The molecule has 2 aromatic rings. The molecule has 0 aromatic heterocycles. The SMILES string of the molecule is BC1(B)CC(=O)NC(=O)C1N1Cc2c(OCc3ccc(CN4CCOCC4)cc3)cccc2C1=O. The molecule has 180 valence electrons. The van der Waals surface area contributed by atoms with Gasteiger partial charge in [0.05, 0.1) is 19.8 Å². The fourth-order valence-corrected chi connectivity index (χ4v) is 5.27. The van der Waals surface area contributed by atoms with E-state index in [0.717, 1.165) is 44.0 Å². The van der Waals surface area contributed by atoms with Crippen LogP contribution in [0.15, 0.2) is 42.5 Å². The Morgan fingerprint density at radius 2 is 1.74 bits per heavy atom. The van der Waals surface area contributed by atoms with Gasteiger partial charge in [-0.2, -0.15) is 0 Å². The zero-order chi connectivity index (χ0) is 24.6. The maximum atomic E-state index is 13.2. The van der Waals surface area contributed by atoms with E-state index in [2.05, 4.69) is 34.5 Å². The molecule has 3 heterocycles. The highest BCUT2D eigenvalue weighted by Gasteiger charge is 2.49. The number of fused-ring (bicyclic) bond motifs is 1. The molecule has 0 saturated carbocycles. The number of nitrogens with one attached hydrogen (secondary N) is 1. The van der Waals surface area contributed by atoms with Crippen LogP contribution in [-0.2, 0) is 34.0 Å². The Labute approximate surface area is 206 Å². The van der Waals surface area contributed by atoms with Gasteiger partial charge < -0.3 is 14.4 Å². The first-order valence-corrected chi connectivity index (χ1v) is 12.1. The van der Waals surface area contributed by atoms with Crippen LogP contribution in [0.4, 0.5) is 0 Å². The molecule has 2 saturated heterocycles. The molecule has 3 amide bonds. The van der Waals surface area contributed by atoms with Gasteiger partial charge in [0.25, 0.3) is 5.91 Å². The molecule has 3 aliphatic rings. The lowest BCUT2D eigenvalue weighted by molar-refractivity contribution is -0.137. The minimum Gasteiger partial charge on any atom is -0.489 e. The average Bonchev–Trinajstić information content (AvgIpc) is 3.14. The first-order valence-electron chi connectivity index (χ1n) is 12.1. The minimum absolute atomic E-state index is 0.189. The van der Waals surface area contributed by atoms with E-state index in [-0.39, 0.29) is 24.8 Å². The number of imide groups is 1. The molecular weight excluding hydrogens is 444 g/mol. The Hall–Kier alpha value is -3.10. The maximum Gasteiger partial charge on any atom is 0.255 e. The molecule has 10 heteroatoms. The molecule has 8 nitrogen and oxygen atoms in total. The second-order valence-electron chi connectivity index (χ2n) is 10.2. The van der Waals surface area contributed by atoms with E-state index in [4.69, 9.17) is 9.47 Å². The number of nitrogens with zero attached hydrogens (tertiary/aromatic N) is 2. The molecule has 2 fully saturated rings. The van der Waals surface area contributed by atoms with Crippen molar-refractivity contribution in [1.82, 2.24) is 15.1 Å². The van der Waals surface area contributed by atoms with Crippen LogP contribution in [0.1, 0.15) is 33.5 Å². The summed E-state index contributed by atoms with van der Waals surface area (Å²) in [5.74, 6) is -0.297. The Balaban J connectivity index is 1.26. The number of amides is 3. The Bertz CT molecular complexity index is 1150. The Morgan fingerprint density at radius 3 is 2.46 bits per heavy atom. The Morgan fingerprint density at radius 1 is 1.03 bits per heavy atom. The van der Waals surface area contributed by atoms with E-state index < -0.39 is 17.2 Å². The summed E-state index contributed by atoms with van der Waals surface area (Å²) in [6, 6.07) is 13.1. The predicted molar refractivity (Wildman–Crippen MR) is 135 cm³/mol. The first-order chi connectivity index (χ1) is 16.8. The van der Waals surface area contributed by atoms with Gasteiger partial charge in [-0.3, -0.25) is 24.6 Å². The van der Waals surface area contributed by atoms with E-state index >= 15 is 0 Å². The van der Waals surface area contributed by atoms with Crippen LogP contribution < -0.4 is 10.1 Å². The number of piperidine rings is 1. The smallest absolute Gasteiger partial charge is 0.255 e. The van der Waals surface area contributed by atoms with E-state index in [1.807, 2.05) is 21.8 Å². The first kappa shape index (κ1) is 23.6. The maximum absolute atomic E-state index is 13.2. The number of hydrogen-bond donors (Lipinski definition) is 1. The van der Waals surface area contributed by atoms with Crippen LogP contribution >= 0.6 is 0 Å². The van der Waals surface area contributed by atoms with Gasteiger partial charge in [-0.1, -0.05) is 30.3 Å². The molecule has 0 radical (unpaired) electrons. The van der Waals surface area contributed by atoms with Crippen LogP contribution in [0.3, 0.4) is 0 Å². The number of benzene rings is 2. The number of ether oxygens (including phenoxy) is 2. The largest absolute Gasteiger partial charge is 0.489 e. The number of carbonyl (C=O) groups excluding carboxylic acids is 3. The van der Waals surface area contributed by atoms with Crippen molar-refractivity contribution in [3.05, 3.63) is 64.7 Å². The van der Waals surface area contributed by atoms with Crippen molar-refractivity contribution in [3.8, 4) is 5.75 Å². The summed E-state index contributed by atoms with van der Waals surface area (Å²) in [6.45, 7) is 5.05. The predicted octanol–water partition coefficient (Wildman–Crippen LogP) is -0.149. The summed E-state index contributed by atoms with van der Waals surface area (Å²) in [7, 11) is 3.70. The lowest BCUT2D eigenvalue weighted by Gasteiger charge is -2.41. The normalized spacial score (nSPS) is 22.1. The summed E-state index contributed by atoms with van der Waals surface area (Å²) in [6.07, 6.45) is 0.189. The van der Waals surface area contributed by atoms with Crippen LogP contribution in [-0.4, -0.2) is 75.6 Å². The third-order valence-electron chi connectivity index (χ3n) is 7.06. The van der Waals surface area contributed by atoms with E-state index in [0.29, 0.717) is 17.9 Å².